The van der Waals surface area contributed by atoms with Crippen LogP contribution in [0, 0.1) is 0 Å². The van der Waals surface area contributed by atoms with Crippen molar-refractivity contribution in [1.82, 2.24) is 4.98 Å². The molecule has 2 rings (SSSR count). The van der Waals surface area contributed by atoms with Crippen LogP contribution in [0.4, 0.5) is 0 Å². The van der Waals surface area contributed by atoms with Crippen molar-refractivity contribution < 1.29 is 14.3 Å². The fourth-order valence-corrected chi connectivity index (χ4v) is 2.23. The summed E-state index contributed by atoms with van der Waals surface area (Å²) in [6.07, 6.45) is 0. The third kappa shape index (κ3) is 2.32. The third-order valence-corrected chi connectivity index (χ3v) is 3.15. The van der Waals surface area contributed by atoms with Gasteiger partial charge in [0.25, 0.3) is 0 Å². The van der Waals surface area contributed by atoms with E-state index < -0.39 is 0 Å². The number of carbonyl (C=O) groups is 1. The molecule has 2 radical (unpaired) electrons. The normalized spacial score (nSPS) is 10.5. The van der Waals surface area contributed by atoms with E-state index in [1.165, 1.54) is 0 Å². The van der Waals surface area contributed by atoms with Gasteiger partial charge in [-0.1, -0.05) is 0 Å². The van der Waals surface area contributed by atoms with Gasteiger partial charge in [0.1, 0.15) is 0 Å². The molecule has 0 atom stereocenters. The molecule has 2 aromatic rings. The second-order valence-electron chi connectivity index (χ2n) is 3.51. The minimum absolute atomic E-state index is 0.338. The summed E-state index contributed by atoms with van der Waals surface area (Å²) in [5.74, 6) is 0.446. The topological polar surface area (TPSA) is 51.3 Å². The van der Waals surface area contributed by atoms with E-state index in [-0.39, 0.29) is 5.97 Å². The molecule has 0 aliphatic rings. The number of esters is 1. The summed E-state index contributed by atoms with van der Waals surface area (Å²) in [5.41, 5.74) is 1.35. The minimum atomic E-state index is -0.338. The Balaban J connectivity index is 2.47. The van der Waals surface area contributed by atoms with Crippen molar-refractivity contribution in [1.29, 1.82) is 0 Å². The Hall–Kier alpha value is -1.41. The third-order valence-electron chi connectivity index (χ3n) is 2.42. The molecule has 0 unspecified atom stereocenters. The number of hydrogen-bond acceptors (Lipinski definition) is 3. The Morgan fingerprint density at radius 2 is 2.18 bits per heavy atom. The average Bonchev–Trinajstić information content (AvgIpc) is 2.71. The molecule has 88 valence electrons. The Kier molecular flexibility index (Phi) is 3.43. The van der Waals surface area contributed by atoms with Gasteiger partial charge in [0.2, 0.25) is 0 Å². The number of hydrogen-bond donors (Lipinski definition) is 1. The summed E-state index contributed by atoms with van der Waals surface area (Å²) in [6.45, 7) is 2.15. The molecular weight excluding hydrogens is 281 g/mol. The van der Waals surface area contributed by atoms with Crippen LogP contribution >= 0.6 is 0 Å². The summed E-state index contributed by atoms with van der Waals surface area (Å²) in [5, 5.41) is 0.930. The number of ether oxygens (including phenoxy) is 2. The van der Waals surface area contributed by atoms with E-state index in [2.05, 4.69) is 21.8 Å². The van der Waals surface area contributed by atoms with Crippen molar-refractivity contribution in [3.05, 3.63) is 23.9 Å². The second-order valence-corrected chi connectivity index (χ2v) is 4.53. The Labute approximate surface area is 108 Å². The van der Waals surface area contributed by atoms with Crippen LogP contribution in [0.25, 0.3) is 10.9 Å². The molecule has 0 bridgehead atoms. The standard InChI is InChI=1S/C12H12AsNO3/c1-3-17-12(15)10-4-7-5-11(16-2)8(13)6-9(7)14-10/h4-6,14H,3H2,1-2H3. The first kappa shape index (κ1) is 12.1. The van der Waals surface area contributed by atoms with E-state index in [0.29, 0.717) is 12.3 Å². The van der Waals surface area contributed by atoms with Gasteiger partial charge < -0.3 is 0 Å². The number of benzene rings is 1. The molecule has 0 saturated heterocycles. The number of carbonyl (C=O) groups excluding carboxylic acids is 1. The van der Waals surface area contributed by atoms with Crippen molar-refractivity contribution in [3.8, 4) is 5.75 Å². The molecule has 1 aromatic carbocycles. The Morgan fingerprint density at radius 3 is 2.82 bits per heavy atom. The van der Waals surface area contributed by atoms with Crippen molar-refractivity contribution in [2.75, 3.05) is 13.7 Å². The van der Waals surface area contributed by atoms with Gasteiger partial charge in [0.15, 0.2) is 0 Å². The summed E-state index contributed by atoms with van der Waals surface area (Å²) < 4.78 is 11.1. The fraction of sp³-hybridized carbons (Fsp3) is 0.250. The number of aromatic amines is 1. The number of rotatable bonds is 3. The average molecular weight is 293 g/mol. The molecule has 0 saturated carbocycles. The summed E-state index contributed by atoms with van der Waals surface area (Å²) in [6, 6.07) is 5.58. The van der Waals surface area contributed by atoms with Crippen LogP contribution in [0.5, 0.6) is 5.75 Å². The molecule has 1 aromatic heterocycles. The summed E-state index contributed by atoms with van der Waals surface area (Å²) >= 11 is 2.44. The molecule has 5 heteroatoms. The Bertz CT molecular complexity index is 562. The first-order valence-electron chi connectivity index (χ1n) is 5.22. The van der Waals surface area contributed by atoms with Gasteiger partial charge in [-0.3, -0.25) is 0 Å². The van der Waals surface area contributed by atoms with Crippen LogP contribution < -0.4 is 9.09 Å². The van der Waals surface area contributed by atoms with Gasteiger partial charge in [-0.2, -0.15) is 0 Å². The first-order chi connectivity index (χ1) is 8.15. The number of fused-ring (bicyclic) bond motifs is 1. The second kappa shape index (κ2) is 4.84. The van der Waals surface area contributed by atoms with Crippen LogP contribution in [0.2, 0.25) is 0 Å². The number of methoxy groups -OCH3 is 1. The maximum absolute atomic E-state index is 11.6. The van der Waals surface area contributed by atoms with Crippen molar-refractivity contribution >= 4 is 38.1 Å². The zero-order valence-corrected chi connectivity index (χ0v) is 11.5. The van der Waals surface area contributed by atoms with Gasteiger partial charge in [0, 0.05) is 0 Å². The molecule has 1 heterocycles. The quantitative estimate of drug-likeness (QED) is 0.682. The van der Waals surface area contributed by atoms with E-state index in [1.54, 1.807) is 20.1 Å². The molecule has 0 spiro atoms. The molecule has 0 amide bonds. The van der Waals surface area contributed by atoms with E-state index in [9.17, 15) is 4.79 Å². The summed E-state index contributed by atoms with van der Waals surface area (Å²) in [4.78, 5) is 14.6. The molecule has 17 heavy (non-hydrogen) atoms. The molecule has 0 aliphatic carbocycles. The molecule has 0 fully saturated rings. The fourth-order valence-electron chi connectivity index (χ4n) is 1.63. The number of aromatic nitrogens is 1. The summed E-state index contributed by atoms with van der Waals surface area (Å²) in [7, 11) is 1.62. The molecule has 0 aliphatic heterocycles. The number of nitrogens with one attached hydrogen (secondary N) is 1. The van der Waals surface area contributed by atoms with Crippen LogP contribution in [0.1, 0.15) is 17.4 Å². The van der Waals surface area contributed by atoms with Crippen LogP contribution in [0.15, 0.2) is 18.2 Å². The molecule has 4 nitrogen and oxygen atoms in total. The monoisotopic (exact) mass is 293 g/mol. The van der Waals surface area contributed by atoms with Crippen LogP contribution in [0.3, 0.4) is 0 Å². The van der Waals surface area contributed by atoms with Crippen LogP contribution in [-0.4, -0.2) is 41.5 Å². The zero-order valence-electron chi connectivity index (χ0n) is 9.61. The van der Waals surface area contributed by atoms with Gasteiger partial charge in [-0.25, -0.2) is 0 Å². The van der Waals surface area contributed by atoms with E-state index in [0.717, 1.165) is 21.0 Å². The van der Waals surface area contributed by atoms with Gasteiger partial charge in [-0.15, -0.1) is 0 Å². The SMILES string of the molecule is CCOC(=O)c1cc2cc(OC)c([As])cc2[nH]1. The van der Waals surface area contributed by atoms with E-state index in [4.69, 9.17) is 9.47 Å². The molecular formula is C12H12AsNO3. The van der Waals surface area contributed by atoms with Crippen molar-refractivity contribution in [2.24, 2.45) is 0 Å². The maximum atomic E-state index is 11.6. The predicted octanol–water partition coefficient (Wildman–Crippen LogP) is 1.15. The Morgan fingerprint density at radius 1 is 1.41 bits per heavy atom. The first-order valence-corrected chi connectivity index (χ1v) is 6.16. The number of H-pyrrole nitrogens is 1. The zero-order chi connectivity index (χ0) is 12.4. The predicted molar refractivity (Wildman–Crippen MR) is 66.2 cm³/mol. The van der Waals surface area contributed by atoms with Gasteiger partial charge >= 0.3 is 108 Å². The van der Waals surface area contributed by atoms with Crippen molar-refractivity contribution in [2.45, 2.75) is 6.92 Å². The molecule has 1 N–H and O–H groups in total. The van der Waals surface area contributed by atoms with Crippen LogP contribution in [-0.2, 0) is 4.74 Å². The van der Waals surface area contributed by atoms with Gasteiger partial charge in [-0.05, 0) is 0 Å². The van der Waals surface area contributed by atoms with E-state index in [1.807, 2.05) is 12.1 Å². The van der Waals surface area contributed by atoms with Crippen molar-refractivity contribution in [3.63, 3.8) is 0 Å². The van der Waals surface area contributed by atoms with Gasteiger partial charge in [0.05, 0.1) is 0 Å². The van der Waals surface area contributed by atoms with E-state index >= 15 is 0 Å².